The van der Waals surface area contributed by atoms with E-state index in [9.17, 15) is 15.3 Å². The maximum atomic E-state index is 9.76. The van der Waals surface area contributed by atoms with Crippen molar-refractivity contribution in [2.75, 3.05) is 19.8 Å². The van der Waals surface area contributed by atoms with Gasteiger partial charge in [-0.3, -0.25) is 0 Å². The first-order valence-electron chi connectivity index (χ1n) is 6.04. The molecule has 1 fully saturated rings. The molecule has 9 nitrogen and oxygen atoms in total. The molecule has 4 N–H and O–H groups in total. The summed E-state index contributed by atoms with van der Waals surface area (Å²) < 4.78 is 10.2. The van der Waals surface area contributed by atoms with Crippen LogP contribution in [0.4, 0.5) is 0 Å². The van der Waals surface area contributed by atoms with Crippen molar-refractivity contribution in [3.8, 4) is 0 Å². The van der Waals surface area contributed by atoms with Crippen LogP contribution in [0, 0.1) is 0 Å². The van der Waals surface area contributed by atoms with Crippen molar-refractivity contribution in [3.63, 3.8) is 0 Å². The Kier molecular flexibility index (Phi) is 7.03. The van der Waals surface area contributed by atoms with Crippen molar-refractivity contribution in [1.82, 2.24) is 0 Å². The van der Waals surface area contributed by atoms with Crippen LogP contribution in [0.1, 0.15) is 12.8 Å². The van der Waals surface area contributed by atoms with E-state index in [4.69, 9.17) is 20.1 Å². The molecule has 0 spiro atoms. The molecule has 0 aromatic rings. The Balaban J connectivity index is 2.34. The summed E-state index contributed by atoms with van der Waals surface area (Å²) in [6.45, 7) is 0.0646. The minimum Gasteiger partial charge on any atom is -0.394 e. The summed E-state index contributed by atoms with van der Waals surface area (Å²) in [6, 6.07) is 0. The van der Waals surface area contributed by atoms with Gasteiger partial charge < -0.3 is 29.9 Å². The fourth-order valence-corrected chi connectivity index (χ4v) is 1.80. The van der Waals surface area contributed by atoms with Crippen molar-refractivity contribution in [1.29, 1.82) is 0 Å². The Labute approximate surface area is 110 Å². The van der Waals surface area contributed by atoms with Crippen molar-refractivity contribution in [2.24, 2.45) is 5.11 Å². The molecule has 1 heterocycles. The summed E-state index contributed by atoms with van der Waals surface area (Å²) in [5, 5.41) is 41.2. The number of nitrogens with zero attached hydrogens (tertiary/aromatic N) is 3. The normalized spacial score (nSPS) is 34.8. The van der Waals surface area contributed by atoms with Gasteiger partial charge in [0, 0.05) is 18.1 Å². The number of azide groups is 1. The van der Waals surface area contributed by atoms with Crippen LogP contribution >= 0.6 is 0 Å². The highest BCUT2D eigenvalue weighted by Crippen LogP contribution is 2.22. The third kappa shape index (κ3) is 4.59. The summed E-state index contributed by atoms with van der Waals surface area (Å²) in [5.41, 5.74) is 8.07. The molecule has 0 amide bonds. The Morgan fingerprint density at radius 3 is 2.58 bits per heavy atom. The molecular weight excluding hydrogens is 258 g/mol. The van der Waals surface area contributed by atoms with Crippen LogP contribution in [0.2, 0.25) is 0 Å². The molecular formula is C10H19N3O6. The van der Waals surface area contributed by atoms with Crippen LogP contribution in [0.25, 0.3) is 10.4 Å². The lowest BCUT2D eigenvalue weighted by Gasteiger charge is -2.39. The van der Waals surface area contributed by atoms with Gasteiger partial charge in [0.05, 0.1) is 6.61 Å². The van der Waals surface area contributed by atoms with E-state index in [-0.39, 0.29) is 6.61 Å². The van der Waals surface area contributed by atoms with Crippen LogP contribution in [0.5, 0.6) is 0 Å². The third-order valence-corrected chi connectivity index (χ3v) is 2.87. The fraction of sp³-hybridized carbons (Fsp3) is 1.00. The Hall–Kier alpha value is -0.930. The van der Waals surface area contributed by atoms with Gasteiger partial charge in [-0.2, -0.15) is 0 Å². The summed E-state index contributed by atoms with van der Waals surface area (Å²) >= 11 is 0. The number of hydrogen-bond donors (Lipinski definition) is 4. The van der Waals surface area contributed by atoms with E-state index in [1.807, 2.05) is 0 Å². The zero-order valence-electron chi connectivity index (χ0n) is 10.4. The first kappa shape index (κ1) is 16.1. The van der Waals surface area contributed by atoms with Gasteiger partial charge in [0.15, 0.2) is 6.29 Å². The SMILES string of the molecule is [N-]=[N+]=NCCCCO[C@H]1C(O)O[C@H](CO)[C@@H](O)[C@@H]1O. The first-order chi connectivity index (χ1) is 9.11. The predicted octanol–water partition coefficient (Wildman–Crippen LogP) is -1.11. The van der Waals surface area contributed by atoms with Crippen LogP contribution < -0.4 is 0 Å². The average Bonchev–Trinajstić information content (AvgIpc) is 2.41. The minimum atomic E-state index is -1.41. The smallest absolute Gasteiger partial charge is 0.184 e. The van der Waals surface area contributed by atoms with Crippen LogP contribution in [0.3, 0.4) is 0 Å². The molecule has 1 rings (SSSR count). The zero-order chi connectivity index (χ0) is 14.3. The fourth-order valence-electron chi connectivity index (χ4n) is 1.80. The van der Waals surface area contributed by atoms with Gasteiger partial charge in [-0.25, -0.2) is 0 Å². The van der Waals surface area contributed by atoms with E-state index in [0.29, 0.717) is 19.4 Å². The highest BCUT2D eigenvalue weighted by Gasteiger charge is 2.44. The van der Waals surface area contributed by atoms with Crippen molar-refractivity contribution in [3.05, 3.63) is 10.4 Å². The molecule has 19 heavy (non-hydrogen) atoms. The highest BCUT2D eigenvalue weighted by atomic mass is 16.7. The van der Waals surface area contributed by atoms with Gasteiger partial charge in [-0.1, -0.05) is 5.11 Å². The lowest BCUT2D eigenvalue weighted by Crippen LogP contribution is -2.59. The number of rotatable bonds is 7. The van der Waals surface area contributed by atoms with E-state index in [1.54, 1.807) is 0 Å². The van der Waals surface area contributed by atoms with Gasteiger partial charge in [-0.05, 0) is 18.4 Å². The molecule has 0 saturated carbocycles. The number of unbranched alkanes of at least 4 members (excludes halogenated alkanes) is 1. The quantitative estimate of drug-likeness (QED) is 0.201. The third-order valence-electron chi connectivity index (χ3n) is 2.87. The van der Waals surface area contributed by atoms with Crippen molar-refractivity contribution >= 4 is 0 Å². The van der Waals surface area contributed by atoms with Gasteiger partial charge in [-0.15, -0.1) is 0 Å². The van der Waals surface area contributed by atoms with Gasteiger partial charge in [0.25, 0.3) is 0 Å². The summed E-state index contributed by atoms with van der Waals surface area (Å²) in [4.78, 5) is 2.60. The lowest BCUT2D eigenvalue weighted by molar-refractivity contribution is -0.296. The zero-order valence-corrected chi connectivity index (χ0v) is 10.4. The van der Waals surface area contributed by atoms with E-state index >= 15 is 0 Å². The largest absolute Gasteiger partial charge is 0.394 e. The lowest BCUT2D eigenvalue weighted by atomic mass is 9.99. The number of hydrogen-bond acceptors (Lipinski definition) is 7. The molecule has 5 atom stereocenters. The second kappa shape index (κ2) is 8.28. The second-order valence-electron chi connectivity index (χ2n) is 4.23. The maximum absolute atomic E-state index is 9.76. The standard InChI is InChI=1S/C10H19N3O6/c11-13-12-3-1-2-4-18-9-8(16)7(15)6(5-14)19-10(9)17/h6-10,14-17H,1-5H2/t6-,7-,8+,9-,10?/m1/s1. The molecule has 1 saturated heterocycles. The molecule has 0 radical (unpaired) electrons. The Morgan fingerprint density at radius 1 is 1.21 bits per heavy atom. The van der Waals surface area contributed by atoms with Crippen molar-refractivity contribution in [2.45, 2.75) is 43.5 Å². The Bertz CT molecular complexity index is 312. The average molecular weight is 277 g/mol. The Morgan fingerprint density at radius 2 is 1.95 bits per heavy atom. The molecule has 1 unspecified atom stereocenters. The number of ether oxygens (including phenoxy) is 2. The summed E-state index contributed by atoms with van der Waals surface area (Å²) in [7, 11) is 0. The number of aliphatic hydroxyl groups excluding tert-OH is 4. The molecule has 0 aliphatic carbocycles. The van der Waals surface area contributed by atoms with Crippen LogP contribution in [-0.4, -0.2) is 70.9 Å². The minimum absolute atomic E-state index is 0.222. The molecule has 0 aromatic heterocycles. The van der Waals surface area contributed by atoms with E-state index in [2.05, 4.69) is 10.0 Å². The van der Waals surface area contributed by atoms with E-state index in [0.717, 1.165) is 0 Å². The van der Waals surface area contributed by atoms with Crippen molar-refractivity contribution < 1.29 is 29.9 Å². The molecule has 0 aromatic carbocycles. The first-order valence-corrected chi connectivity index (χ1v) is 6.04. The number of aliphatic hydroxyl groups is 4. The predicted molar refractivity (Wildman–Crippen MR) is 63.0 cm³/mol. The van der Waals surface area contributed by atoms with Gasteiger partial charge in [0.1, 0.15) is 24.4 Å². The maximum Gasteiger partial charge on any atom is 0.184 e. The molecule has 110 valence electrons. The van der Waals surface area contributed by atoms with Gasteiger partial charge in [0.2, 0.25) is 0 Å². The molecule has 1 aliphatic heterocycles. The molecule has 9 heteroatoms. The molecule has 0 bridgehead atoms. The van der Waals surface area contributed by atoms with Gasteiger partial charge >= 0.3 is 0 Å². The van der Waals surface area contributed by atoms with Crippen LogP contribution in [0.15, 0.2) is 5.11 Å². The highest BCUT2D eigenvalue weighted by molar-refractivity contribution is 4.89. The molecule has 1 aliphatic rings. The summed E-state index contributed by atoms with van der Waals surface area (Å²) in [5.74, 6) is 0. The topological polar surface area (TPSA) is 148 Å². The van der Waals surface area contributed by atoms with E-state index < -0.39 is 37.3 Å². The monoisotopic (exact) mass is 277 g/mol. The second-order valence-corrected chi connectivity index (χ2v) is 4.23. The summed E-state index contributed by atoms with van der Waals surface area (Å²) in [6.07, 6.45) is -4.97. The van der Waals surface area contributed by atoms with E-state index in [1.165, 1.54) is 0 Å². The van der Waals surface area contributed by atoms with Crippen LogP contribution in [-0.2, 0) is 9.47 Å².